The number of rotatable bonds is 5. The zero-order valence-electron chi connectivity index (χ0n) is 6.89. The van der Waals surface area contributed by atoms with Gasteiger partial charge in [0.1, 0.15) is 0 Å². The molecule has 1 rings (SSSR count). The summed E-state index contributed by atoms with van der Waals surface area (Å²) in [6, 6.07) is 0. The fourth-order valence-corrected chi connectivity index (χ4v) is 1.61. The quantitative estimate of drug-likeness (QED) is 0.616. The molecule has 1 N–H and O–H groups in total. The molecule has 1 nitrogen and oxygen atoms in total. The molecule has 1 aliphatic carbocycles. The van der Waals surface area contributed by atoms with Crippen molar-refractivity contribution in [2.45, 2.75) is 31.6 Å². The van der Waals surface area contributed by atoms with Crippen LogP contribution in [0.25, 0.3) is 0 Å². The van der Waals surface area contributed by atoms with Crippen LogP contribution in [-0.2, 0) is 0 Å². The van der Waals surface area contributed by atoms with Crippen LogP contribution in [0.3, 0.4) is 0 Å². The normalized spacial score (nSPS) is 21.0. The van der Waals surface area contributed by atoms with Gasteiger partial charge in [-0.2, -0.15) is 0 Å². The second-order valence-corrected chi connectivity index (χ2v) is 4.02. The summed E-state index contributed by atoms with van der Waals surface area (Å²) < 4.78 is 0. The maximum Gasteiger partial charge on any atom is 0.0526 e. The molecule has 0 amide bonds. The van der Waals surface area contributed by atoms with Gasteiger partial charge in [-0.15, -0.1) is 11.8 Å². The van der Waals surface area contributed by atoms with Gasteiger partial charge >= 0.3 is 0 Å². The molecular formula is C8H17NS. The minimum Gasteiger partial charge on any atom is -0.305 e. The van der Waals surface area contributed by atoms with Crippen molar-refractivity contribution in [2.75, 3.05) is 12.8 Å². The Bertz CT molecular complexity index is 87.3. The van der Waals surface area contributed by atoms with Gasteiger partial charge in [0.2, 0.25) is 0 Å². The topological polar surface area (TPSA) is 12.0 Å². The average molecular weight is 159 g/mol. The molecule has 10 heavy (non-hydrogen) atoms. The van der Waals surface area contributed by atoms with Crippen molar-refractivity contribution in [1.29, 1.82) is 0 Å². The summed E-state index contributed by atoms with van der Waals surface area (Å²) >= 11 is 1.93. The third kappa shape index (κ3) is 2.93. The molecule has 0 aromatic rings. The summed E-state index contributed by atoms with van der Waals surface area (Å²) in [6.07, 6.45) is 6.33. The average Bonchev–Trinajstić information content (AvgIpc) is 2.74. The van der Waals surface area contributed by atoms with E-state index in [0.29, 0.717) is 5.37 Å². The molecule has 0 bridgehead atoms. The van der Waals surface area contributed by atoms with E-state index in [-0.39, 0.29) is 0 Å². The largest absolute Gasteiger partial charge is 0.305 e. The van der Waals surface area contributed by atoms with Gasteiger partial charge in [-0.25, -0.2) is 0 Å². The molecule has 1 aliphatic rings. The van der Waals surface area contributed by atoms with E-state index in [9.17, 15) is 0 Å². The summed E-state index contributed by atoms with van der Waals surface area (Å²) in [4.78, 5) is 0. The lowest BCUT2D eigenvalue weighted by Crippen LogP contribution is -2.26. The van der Waals surface area contributed by atoms with E-state index >= 15 is 0 Å². The van der Waals surface area contributed by atoms with Gasteiger partial charge in [-0.1, -0.05) is 6.92 Å². The van der Waals surface area contributed by atoms with Crippen LogP contribution < -0.4 is 5.32 Å². The molecule has 60 valence electrons. The first-order valence-corrected chi connectivity index (χ1v) is 5.41. The van der Waals surface area contributed by atoms with Crippen molar-refractivity contribution >= 4 is 11.8 Å². The fourth-order valence-electron chi connectivity index (χ4n) is 1.01. The Balaban J connectivity index is 1.97. The van der Waals surface area contributed by atoms with Crippen LogP contribution in [0.1, 0.15) is 26.2 Å². The van der Waals surface area contributed by atoms with Gasteiger partial charge in [0.15, 0.2) is 0 Å². The molecule has 1 fully saturated rings. The van der Waals surface area contributed by atoms with Gasteiger partial charge in [0.25, 0.3) is 0 Å². The van der Waals surface area contributed by atoms with Crippen LogP contribution in [0.4, 0.5) is 0 Å². The Hall–Kier alpha value is 0.310. The molecule has 0 aromatic heterocycles. The maximum atomic E-state index is 3.54. The molecule has 0 heterocycles. The Morgan fingerprint density at radius 1 is 1.60 bits per heavy atom. The van der Waals surface area contributed by atoms with Gasteiger partial charge < -0.3 is 5.32 Å². The second kappa shape index (κ2) is 4.24. The van der Waals surface area contributed by atoms with E-state index in [2.05, 4.69) is 18.5 Å². The zero-order valence-corrected chi connectivity index (χ0v) is 7.71. The monoisotopic (exact) mass is 159 g/mol. The Morgan fingerprint density at radius 3 is 2.70 bits per heavy atom. The number of hydrogen-bond donors (Lipinski definition) is 1. The number of thioether (sulfide) groups is 1. The lowest BCUT2D eigenvalue weighted by atomic mass is 10.4. The van der Waals surface area contributed by atoms with Crippen LogP contribution in [0.5, 0.6) is 0 Å². The van der Waals surface area contributed by atoms with Crippen molar-refractivity contribution in [3.8, 4) is 0 Å². The van der Waals surface area contributed by atoms with Crippen LogP contribution in [-0.4, -0.2) is 18.2 Å². The van der Waals surface area contributed by atoms with E-state index in [0.717, 1.165) is 5.92 Å². The molecule has 0 aliphatic heterocycles. The summed E-state index contributed by atoms with van der Waals surface area (Å²) in [5.74, 6) is 1.01. The Kier molecular flexibility index (Phi) is 3.57. The van der Waals surface area contributed by atoms with Gasteiger partial charge in [-0.3, -0.25) is 0 Å². The molecule has 1 saturated carbocycles. The molecule has 0 radical (unpaired) electrons. The van der Waals surface area contributed by atoms with E-state index in [1.807, 2.05) is 11.8 Å². The predicted octanol–water partition coefficient (Wildman–Crippen LogP) is 2.09. The summed E-state index contributed by atoms with van der Waals surface area (Å²) in [7, 11) is 0. The van der Waals surface area contributed by atoms with E-state index in [1.165, 1.54) is 25.8 Å². The highest BCUT2D eigenvalue weighted by molar-refractivity contribution is 7.99. The second-order valence-electron chi connectivity index (χ2n) is 2.98. The molecule has 0 saturated heterocycles. The number of hydrogen-bond acceptors (Lipinski definition) is 2. The lowest BCUT2D eigenvalue weighted by Gasteiger charge is -2.12. The highest BCUT2D eigenvalue weighted by Crippen LogP contribution is 2.28. The molecule has 1 unspecified atom stereocenters. The smallest absolute Gasteiger partial charge is 0.0526 e. The van der Waals surface area contributed by atoms with E-state index < -0.39 is 0 Å². The predicted molar refractivity (Wildman–Crippen MR) is 48.3 cm³/mol. The van der Waals surface area contributed by atoms with Gasteiger partial charge in [0, 0.05) is 0 Å². The summed E-state index contributed by atoms with van der Waals surface area (Å²) in [5.41, 5.74) is 0. The first-order chi connectivity index (χ1) is 4.86. The summed E-state index contributed by atoms with van der Waals surface area (Å²) in [5, 5.41) is 4.24. The highest BCUT2D eigenvalue weighted by Gasteiger charge is 2.21. The van der Waals surface area contributed by atoms with Crippen molar-refractivity contribution in [1.82, 2.24) is 5.32 Å². The standard InChI is InChI=1S/C8H17NS/c1-3-8(10-2)9-6-7-4-5-7/h7-9H,3-6H2,1-2H3. The van der Waals surface area contributed by atoms with Crippen molar-refractivity contribution in [3.63, 3.8) is 0 Å². The SMILES string of the molecule is CCC(NCC1CC1)SC. The molecule has 0 aromatic carbocycles. The van der Waals surface area contributed by atoms with E-state index in [4.69, 9.17) is 0 Å². The fraction of sp³-hybridized carbons (Fsp3) is 1.00. The molecular weight excluding hydrogens is 142 g/mol. The maximum absolute atomic E-state index is 3.54. The van der Waals surface area contributed by atoms with Gasteiger partial charge in [-0.05, 0) is 38.0 Å². The van der Waals surface area contributed by atoms with Crippen LogP contribution in [0.15, 0.2) is 0 Å². The van der Waals surface area contributed by atoms with Crippen molar-refractivity contribution in [3.05, 3.63) is 0 Å². The number of nitrogens with one attached hydrogen (secondary N) is 1. The van der Waals surface area contributed by atoms with Crippen molar-refractivity contribution < 1.29 is 0 Å². The minimum absolute atomic E-state index is 0.695. The summed E-state index contributed by atoms with van der Waals surface area (Å²) in [6.45, 7) is 3.49. The first-order valence-electron chi connectivity index (χ1n) is 4.13. The zero-order chi connectivity index (χ0) is 7.40. The minimum atomic E-state index is 0.695. The Labute approximate surface area is 68.0 Å². The lowest BCUT2D eigenvalue weighted by molar-refractivity contribution is 0.599. The van der Waals surface area contributed by atoms with Crippen LogP contribution in [0.2, 0.25) is 0 Å². The van der Waals surface area contributed by atoms with Gasteiger partial charge in [0.05, 0.1) is 5.37 Å². The third-order valence-corrected chi connectivity index (χ3v) is 3.06. The highest BCUT2D eigenvalue weighted by atomic mass is 32.2. The third-order valence-electron chi connectivity index (χ3n) is 1.99. The molecule has 2 heteroatoms. The molecule has 0 spiro atoms. The van der Waals surface area contributed by atoms with Crippen molar-refractivity contribution in [2.24, 2.45) is 5.92 Å². The first kappa shape index (κ1) is 8.41. The Morgan fingerprint density at radius 2 is 2.30 bits per heavy atom. The van der Waals surface area contributed by atoms with Crippen LogP contribution in [0, 0.1) is 5.92 Å². The van der Waals surface area contributed by atoms with Crippen LogP contribution >= 0.6 is 11.8 Å². The molecule has 1 atom stereocenters. The van der Waals surface area contributed by atoms with E-state index in [1.54, 1.807) is 0 Å².